The van der Waals surface area contributed by atoms with Crippen LogP contribution in [-0.2, 0) is 13.2 Å². The average Bonchev–Trinajstić information content (AvgIpc) is 3.12. The quantitative estimate of drug-likeness (QED) is 0.915. The highest BCUT2D eigenvalue weighted by atomic mass is 19.4. The number of aromatic nitrogens is 1. The van der Waals surface area contributed by atoms with Gasteiger partial charge in [0.25, 0.3) is 5.91 Å². The first kappa shape index (κ1) is 16.6. The lowest BCUT2D eigenvalue weighted by Gasteiger charge is -2.25. The number of nitrogens with zero attached hydrogens (tertiary/aromatic N) is 2. The van der Waals surface area contributed by atoms with Crippen molar-refractivity contribution in [2.45, 2.75) is 24.7 Å². The second kappa shape index (κ2) is 5.98. The molecule has 2 aromatic rings. The number of hydrogen-bond donors (Lipinski definition) is 1. The van der Waals surface area contributed by atoms with Crippen molar-refractivity contribution in [3.63, 3.8) is 0 Å². The number of aryl methyl sites for hydroxylation is 1. The molecule has 7 heteroatoms. The van der Waals surface area contributed by atoms with E-state index in [1.54, 1.807) is 36.0 Å². The number of aliphatic hydroxyl groups is 1. The molecule has 0 aliphatic carbocycles. The molecule has 4 nitrogen and oxygen atoms in total. The van der Waals surface area contributed by atoms with Crippen LogP contribution in [0.4, 0.5) is 13.2 Å². The van der Waals surface area contributed by atoms with Crippen molar-refractivity contribution < 1.29 is 23.1 Å². The van der Waals surface area contributed by atoms with Gasteiger partial charge < -0.3 is 14.6 Å². The molecule has 1 aliphatic rings. The Morgan fingerprint density at radius 2 is 2.00 bits per heavy atom. The van der Waals surface area contributed by atoms with E-state index < -0.39 is 23.9 Å². The lowest BCUT2D eigenvalue weighted by molar-refractivity contribution is -0.137. The van der Waals surface area contributed by atoms with E-state index in [9.17, 15) is 23.1 Å². The summed E-state index contributed by atoms with van der Waals surface area (Å²) in [5.74, 6) is -0.304. The number of alkyl halides is 3. The minimum Gasteiger partial charge on any atom is -0.391 e. The number of β-amino-alcohol motifs (C(OH)–C–C–N with tert-alkyl or cyclic N) is 1. The van der Waals surface area contributed by atoms with Crippen molar-refractivity contribution >= 4 is 5.91 Å². The summed E-state index contributed by atoms with van der Waals surface area (Å²) < 4.78 is 40.4. The van der Waals surface area contributed by atoms with Gasteiger partial charge in [0.15, 0.2) is 0 Å². The number of benzene rings is 1. The van der Waals surface area contributed by atoms with E-state index in [4.69, 9.17) is 0 Å². The van der Waals surface area contributed by atoms with Crippen LogP contribution in [0.25, 0.3) is 0 Å². The minimum atomic E-state index is -4.44. The maximum atomic E-state index is 12.9. The van der Waals surface area contributed by atoms with Crippen LogP contribution in [0.5, 0.6) is 0 Å². The van der Waals surface area contributed by atoms with Gasteiger partial charge in [0.1, 0.15) is 5.69 Å². The summed E-state index contributed by atoms with van der Waals surface area (Å²) >= 11 is 0. The third-order valence-electron chi connectivity index (χ3n) is 4.30. The Balaban J connectivity index is 1.94. The number of rotatable bonds is 2. The van der Waals surface area contributed by atoms with Crippen LogP contribution in [-0.4, -0.2) is 33.1 Å². The standard InChI is InChI=1S/C17H17F3N2O2/c1-21-7-3-6-14(21)16(24)22-10-13(23)9-15(22)11-4-2-5-12(8-11)17(18,19)20/h2-8,13,15,23H,9-10H2,1H3/t13-,15+/m1/s1. The highest BCUT2D eigenvalue weighted by molar-refractivity contribution is 5.93. The van der Waals surface area contributed by atoms with Crippen molar-refractivity contribution in [2.75, 3.05) is 6.54 Å². The molecule has 128 valence electrons. The van der Waals surface area contributed by atoms with Crippen LogP contribution in [0.3, 0.4) is 0 Å². The van der Waals surface area contributed by atoms with Gasteiger partial charge in [0, 0.05) is 19.8 Å². The lowest BCUT2D eigenvalue weighted by atomic mass is 10.0. The molecule has 1 amide bonds. The second-order valence-electron chi connectivity index (χ2n) is 5.99. The van der Waals surface area contributed by atoms with Crippen molar-refractivity contribution in [1.82, 2.24) is 9.47 Å². The Bertz CT molecular complexity index is 754. The molecular formula is C17H17F3N2O2. The fraction of sp³-hybridized carbons (Fsp3) is 0.353. The van der Waals surface area contributed by atoms with Crippen LogP contribution in [0.2, 0.25) is 0 Å². The topological polar surface area (TPSA) is 45.5 Å². The summed E-state index contributed by atoms with van der Waals surface area (Å²) in [6.07, 6.45) is -3.26. The molecule has 0 saturated carbocycles. The molecule has 1 N–H and O–H groups in total. The molecule has 1 aromatic heterocycles. The Morgan fingerprint density at radius 3 is 2.62 bits per heavy atom. The van der Waals surface area contributed by atoms with Crippen LogP contribution < -0.4 is 0 Å². The SMILES string of the molecule is Cn1cccc1C(=O)N1C[C@H](O)C[C@H]1c1cccc(C(F)(F)F)c1. The maximum Gasteiger partial charge on any atom is 0.416 e. The van der Waals surface area contributed by atoms with E-state index in [-0.39, 0.29) is 18.9 Å². The number of hydrogen-bond acceptors (Lipinski definition) is 2. The van der Waals surface area contributed by atoms with Crippen molar-refractivity contribution in [2.24, 2.45) is 7.05 Å². The van der Waals surface area contributed by atoms with Gasteiger partial charge in [-0.25, -0.2) is 0 Å². The summed E-state index contributed by atoms with van der Waals surface area (Å²) in [5.41, 5.74) is 0.0534. The molecule has 0 bridgehead atoms. The number of carbonyl (C=O) groups excluding carboxylic acids is 1. The smallest absolute Gasteiger partial charge is 0.391 e. The molecule has 1 aromatic carbocycles. The van der Waals surface area contributed by atoms with Crippen LogP contribution in [0.15, 0.2) is 42.6 Å². The minimum absolute atomic E-state index is 0.102. The zero-order chi connectivity index (χ0) is 17.5. The Kier molecular flexibility index (Phi) is 4.13. The summed E-state index contributed by atoms with van der Waals surface area (Å²) in [6, 6.07) is 7.73. The van der Waals surface area contributed by atoms with E-state index >= 15 is 0 Å². The largest absolute Gasteiger partial charge is 0.416 e. The summed E-state index contributed by atoms with van der Waals surface area (Å²) in [4.78, 5) is 14.2. The van der Waals surface area contributed by atoms with Crippen LogP contribution in [0, 0.1) is 0 Å². The molecule has 1 fully saturated rings. The molecule has 24 heavy (non-hydrogen) atoms. The molecule has 0 unspecified atom stereocenters. The highest BCUT2D eigenvalue weighted by Gasteiger charge is 2.38. The Morgan fingerprint density at radius 1 is 1.25 bits per heavy atom. The van der Waals surface area contributed by atoms with Gasteiger partial charge in [-0.3, -0.25) is 4.79 Å². The Hall–Kier alpha value is -2.28. The van der Waals surface area contributed by atoms with E-state index in [1.807, 2.05) is 0 Å². The van der Waals surface area contributed by atoms with Gasteiger partial charge in [-0.2, -0.15) is 13.2 Å². The summed E-state index contributed by atoms with van der Waals surface area (Å²) in [6.45, 7) is 0.102. The van der Waals surface area contributed by atoms with Gasteiger partial charge >= 0.3 is 6.18 Å². The number of aliphatic hydroxyl groups excluding tert-OH is 1. The number of likely N-dealkylation sites (tertiary alicyclic amines) is 1. The van der Waals surface area contributed by atoms with Crippen molar-refractivity contribution in [3.8, 4) is 0 Å². The molecular weight excluding hydrogens is 321 g/mol. The summed E-state index contributed by atoms with van der Waals surface area (Å²) in [7, 11) is 1.72. The highest BCUT2D eigenvalue weighted by Crippen LogP contribution is 2.36. The second-order valence-corrected chi connectivity index (χ2v) is 5.99. The maximum absolute atomic E-state index is 12.9. The fourth-order valence-electron chi connectivity index (χ4n) is 3.11. The first-order chi connectivity index (χ1) is 11.3. The predicted octanol–water partition coefficient (Wildman–Crippen LogP) is 2.99. The molecule has 0 spiro atoms. The van der Waals surface area contributed by atoms with E-state index in [0.717, 1.165) is 12.1 Å². The lowest BCUT2D eigenvalue weighted by Crippen LogP contribution is -2.33. The third kappa shape index (κ3) is 3.03. The molecule has 1 saturated heterocycles. The van der Waals surface area contributed by atoms with Gasteiger partial charge in [-0.15, -0.1) is 0 Å². The van der Waals surface area contributed by atoms with Crippen LogP contribution in [0.1, 0.15) is 34.1 Å². The first-order valence-electron chi connectivity index (χ1n) is 7.55. The third-order valence-corrected chi connectivity index (χ3v) is 4.30. The molecule has 2 atom stereocenters. The molecule has 3 rings (SSSR count). The van der Waals surface area contributed by atoms with Crippen molar-refractivity contribution in [3.05, 3.63) is 59.4 Å². The number of amides is 1. The van der Waals surface area contributed by atoms with E-state index in [2.05, 4.69) is 0 Å². The molecule has 0 radical (unpaired) electrons. The Labute approximate surface area is 137 Å². The predicted molar refractivity (Wildman–Crippen MR) is 81.3 cm³/mol. The molecule has 1 aliphatic heterocycles. The van der Waals surface area contributed by atoms with Crippen molar-refractivity contribution in [1.29, 1.82) is 0 Å². The number of carbonyl (C=O) groups is 1. The first-order valence-corrected chi connectivity index (χ1v) is 7.55. The zero-order valence-electron chi connectivity index (χ0n) is 13.0. The van der Waals surface area contributed by atoms with Gasteiger partial charge in [-0.1, -0.05) is 12.1 Å². The molecule has 2 heterocycles. The van der Waals surface area contributed by atoms with Gasteiger partial charge in [0.2, 0.25) is 0 Å². The zero-order valence-corrected chi connectivity index (χ0v) is 13.0. The van der Waals surface area contributed by atoms with Crippen LogP contribution >= 0.6 is 0 Å². The van der Waals surface area contributed by atoms with Gasteiger partial charge in [0.05, 0.1) is 17.7 Å². The number of halogens is 3. The normalized spacial score (nSPS) is 21.3. The van der Waals surface area contributed by atoms with E-state index in [0.29, 0.717) is 11.3 Å². The summed E-state index contributed by atoms with van der Waals surface area (Å²) in [5, 5.41) is 9.95. The fourth-order valence-corrected chi connectivity index (χ4v) is 3.11. The van der Waals surface area contributed by atoms with Gasteiger partial charge in [-0.05, 0) is 36.2 Å². The van der Waals surface area contributed by atoms with E-state index in [1.165, 1.54) is 11.0 Å². The monoisotopic (exact) mass is 338 g/mol. The average molecular weight is 338 g/mol.